The summed E-state index contributed by atoms with van der Waals surface area (Å²) in [7, 11) is 1.58. The first-order valence-electron chi connectivity index (χ1n) is 8.58. The summed E-state index contributed by atoms with van der Waals surface area (Å²) < 4.78 is 29.7. The van der Waals surface area contributed by atoms with E-state index in [0.717, 1.165) is 5.56 Å². The van der Waals surface area contributed by atoms with Gasteiger partial charge in [-0.25, -0.2) is 4.39 Å². The van der Waals surface area contributed by atoms with E-state index < -0.39 is 0 Å². The van der Waals surface area contributed by atoms with Crippen LogP contribution in [0.1, 0.15) is 18.1 Å². The largest absolute Gasteiger partial charge is 0.493 e. The lowest BCUT2D eigenvalue weighted by atomic mass is 10.1. The van der Waals surface area contributed by atoms with E-state index in [1.54, 1.807) is 24.1 Å². The molecule has 0 aromatic heterocycles. The van der Waals surface area contributed by atoms with Crippen LogP contribution < -0.4 is 9.47 Å². The number of para-hydroxylation sites is 2. The summed E-state index contributed by atoms with van der Waals surface area (Å²) in [6.45, 7) is 1.74. The van der Waals surface area contributed by atoms with Crippen LogP contribution in [0.25, 0.3) is 0 Å². The molecule has 0 N–H and O–H groups in total. The number of hydrogen-bond acceptors (Lipinski definition) is 4. The van der Waals surface area contributed by atoms with Crippen molar-refractivity contribution in [2.75, 3.05) is 33.4 Å². The Morgan fingerprint density at radius 1 is 1.19 bits per heavy atom. The van der Waals surface area contributed by atoms with Gasteiger partial charge in [0.2, 0.25) is 5.91 Å². The molecule has 1 heterocycles. The molecule has 1 amide bonds. The lowest BCUT2D eigenvalue weighted by Crippen LogP contribution is -2.42. The van der Waals surface area contributed by atoms with E-state index in [-0.39, 0.29) is 30.9 Å². The molecule has 0 saturated carbocycles. The van der Waals surface area contributed by atoms with Crippen molar-refractivity contribution in [3.8, 4) is 11.5 Å². The second-order valence-electron chi connectivity index (χ2n) is 6.00. The minimum Gasteiger partial charge on any atom is -0.493 e. The van der Waals surface area contributed by atoms with Gasteiger partial charge in [0.1, 0.15) is 11.9 Å². The number of ether oxygens (including phenoxy) is 3. The third-order valence-electron chi connectivity index (χ3n) is 4.30. The average molecular weight is 359 g/mol. The maximum atomic E-state index is 13.1. The summed E-state index contributed by atoms with van der Waals surface area (Å²) in [6.07, 6.45) is 0.0391. The van der Waals surface area contributed by atoms with Gasteiger partial charge < -0.3 is 19.1 Å². The summed E-state index contributed by atoms with van der Waals surface area (Å²) in [5.41, 5.74) is 0.870. The van der Waals surface area contributed by atoms with Crippen LogP contribution in [0.5, 0.6) is 11.5 Å². The predicted octanol–water partition coefficient (Wildman–Crippen LogP) is 3.20. The van der Waals surface area contributed by atoms with Crippen molar-refractivity contribution in [1.29, 1.82) is 0 Å². The summed E-state index contributed by atoms with van der Waals surface area (Å²) >= 11 is 0. The van der Waals surface area contributed by atoms with Crippen molar-refractivity contribution >= 4 is 5.91 Å². The number of carbonyl (C=O) groups excluding carboxylic acids is 1. The van der Waals surface area contributed by atoms with Gasteiger partial charge in [0, 0.05) is 6.54 Å². The topological polar surface area (TPSA) is 48.0 Å². The molecule has 1 unspecified atom stereocenters. The van der Waals surface area contributed by atoms with Crippen LogP contribution in [0.15, 0.2) is 48.5 Å². The fourth-order valence-electron chi connectivity index (χ4n) is 2.90. The number of nitrogens with zero attached hydrogens (tertiary/aromatic N) is 1. The Morgan fingerprint density at radius 2 is 1.92 bits per heavy atom. The number of morpholine rings is 1. The molecule has 3 rings (SSSR count). The van der Waals surface area contributed by atoms with E-state index in [1.807, 2.05) is 24.3 Å². The molecular formula is C20H22FNO4. The molecule has 0 radical (unpaired) electrons. The van der Waals surface area contributed by atoms with Gasteiger partial charge in [-0.05, 0) is 29.8 Å². The van der Waals surface area contributed by atoms with Crippen LogP contribution in [0, 0.1) is 5.82 Å². The molecule has 1 fully saturated rings. The summed E-state index contributed by atoms with van der Waals surface area (Å²) in [5, 5.41) is 0. The Morgan fingerprint density at radius 3 is 2.65 bits per heavy atom. The van der Waals surface area contributed by atoms with Gasteiger partial charge in [0.15, 0.2) is 11.5 Å². The molecule has 0 spiro atoms. The Bertz CT molecular complexity index is 735. The summed E-state index contributed by atoms with van der Waals surface area (Å²) in [4.78, 5) is 14.2. The van der Waals surface area contributed by atoms with Crippen LogP contribution >= 0.6 is 0 Å². The van der Waals surface area contributed by atoms with Gasteiger partial charge >= 0.3 is 0 Å². The van der Waals surface area contributed by atoms with Crippen molar-refractivity contribution in [2.24, 2.45) is 0 Å². The highest BCUT2D eigenvalue weighted by Gasteiger charge is 2.25. The van der Waals surface area contributed by atoms with Crippen LogP contribution in [0.3, 0.4) is 0 Å². The first-order chi connectivity index (χ1) is 12.7. The van der Waals surface area contributed by atoms with Gasteiger partial charge in [-0.2, -0.15) is 0 Å². The second-order valence-corrected chi connectivity index (χ2v) is 6.00. The number of carbonyl (C=O) groups is 1. The van der Waals surface area contributed by atoms with Crippen molar-refractivity contribution in [1.82, 2.24) is 4.90 Å². The first-order valence-corrected chi connectivity index (χ1v) is 8.58. The minimum absolute atomic E-state index is 0.00955. The SMILES string of the molecule is COc1ccccc1OCCC(=O)N1CCOC(c2ccc(F)cc2)C1. The fourth-order valence-corrected chi connectivity index (χ4v) is 2.90. The Balaban J connectivity index is 1.52. The number of amides is 1. The summed E-state index contributed by atoms with van der Waals surface area (Å²) in [6, 6.07) is 13.5. The van der Waals surface area contributed by atoms with Crippen LogP contribution in [0.2, 0.25) is 0 Å². The Labute approximate surface area is 152 Å². The van der Waals surface area contributed by atoms with Gasteiger partial charge in [-0.1, -0.05) is 24.3 Å². The molecule has 6 heteroatoms. The molecule has 0 aliphatic carbocycles. The molecule has 1 atom stereocenters. The van der Waals surface area contributed by atoms with Crippen molar-refractivity contribution in [3.63, 3.8) is 0 Å². The van der Waals surface area contributed by atoms with E-state index >= 15 is 0 Å². The van der Waals surface area contributed by atoms with Crippen LogP contribution in [-0.2, 0) is 9.53 Å². The second kappa shape index (κ2) is 8.67. The van der Waals surface area contributed by atoms with Crippen molar-refractivity contribution in [3.05, 3.63) is 59.9 Å². The predicted molar refractivity (Wildman–Crippen MR) is 94.8 cm³/mol. The molecule has 1 aliphatic heterocycles. The van der Waals surface area contributed by atoms with Crippen molar-refractivity contribution in [2.45, 2.75) is 12.5 Å². The number of methoxy groups -OCH3 is 1. The third-order valence-corrected chi connectivity index (χ3v) is 4.30. The van der Waals surface area contributed by atoms with E-state index in [1.165, 1.54) is 12.1 Å². The summed E-state index contributed by atoms with van der Waals surface area (Å²) in [5.74, 6) is 0.984. The molecule has 138 valence electrons. The van der Waals surface area contributed by atoms with E-state index in [0.29, 0.717) is 31.2 Å². The molecule has 1 saturated heterocycles. The number of halogens is 1. The monoisotopic (exact) mass is 359 g/mol. The molecule has 1 aliphatic rings. The number of hydrogen-bond donors (Lipinski definition) is 0. The molecule has 0 bridgehead atoms. The molecule has 5 nitrogen and oxygen atoms in total. The van der Waals surface area contributed by atoms with Gasteiger partial charge in [0.25, 0.3) is 0 Å². The van der Waals surface area contributed by atoms with Gasteiger partial charge in [-0.3, -0.25) is 4.79 Å². The molecule has 2 aromatic carbocycles. The highest BCUT2D eigenvalue weighted by Crippen LogP contribution is 2.26. The molecule has 26 heavy (non-hydrogen) atoms. The van der Waals surface area contributed by atoms with Crippen LogP contribution in [0.4, 0.5) is 4.39 Å². The van der Waals surface area contributed by atoms with Gasteiger partial charge in [0.05, 0.1) is 33.3 Å². The lowest BCUT2D eigenvalue weighted by molar-refractivity contribution is -0.139. The maximum absolute atomic E-state index is 13.1. The molecule has 2 aromatic rings. The standard InChI is InChI=1S/C20H22FNO4/c1-24-17-4-2-3-5-18(17)25-12-10-20(23)22-11-13-26-19(14-22)15-6-8-16(21)9-7-15/h2-9,19H,10-14H2,1H3. The smallest absolute Gasteiger partial charge is 0.226 e. The average Bonchev–Trinajstić information content (AvgIpc) is 2.69. The first kappa shape index (κ1) is 18.2. The number of benzene rings is 2. The fraction of sp³-hybridized carbons (Fsp3) is 0.350. The van der Waals surface area contributed by atoms with E-state index in [2.05, 4.69) is 0 Å². The third kappa shape index (κ3) is 4.52. The zero-order valence-electron chi connectivity index (χ0n) is 14.7. The van der Waals surface area contributed by atoms with Gasteiger partial charge in [-0.15, -0.1) is 0 Å². The highest BCUT2D eigenvalue weighted by atomic mass is 19.1. The van der Waals surface area contributed by atoms with E-state index in [4.69, 9.17) is 14.2 Å². The Kier molecular flexibility index (Phi) is 6.07. The van der Waals surface area contributed by atoms with Crippen LogP contribution in [-0.4, -0.2) is 44.2 Å². The highest BCUT2D eigenvalue weighted by molar-refractivity contribution is 5.76. The Hall–Kier alpha value is -2.60. The zero-order valence-corrected chi connectivity index (χ0v) is 14.7. The lowest BCUT2D eigenvalue weighted by Gasteiger charge is -2.33. The maximum Gasteiger partial charge on any atom is 0.226 e. The number of rotatable bonds is 6. The molecular weight excluding hydrogens is 337 g/mol. The van der Waals surface area contributed by atoms with Crippen molar-refractivity contribution < 1.29 is 23.4 Å². The van der Waals surface area contributed by atoms with E-state index in [9.17, 15) is 9.18 Å². The quantitative estimate of drug-likeness (QED) is 0.795. The normalized spacial score (nSPS) is 17.0. The minimum atomic E-state index is -0.286. The zero-order chi connectivity index (χ0) is 18.4.